The van der Waals surface area contributed by atoms with Crippen molar-refractivity contribution < 1.29 is 4.74 Å². The van der Waals surface area contributed by atoms with E-state index in [-0.39, 0.29) is 0 Å². The molecule has 0 atom stereocenters. The van der Waals surface area contributed by atoms with Gasteiger partial charge in [-0.15, -0.1) is 0 Å². The minimum Gasteiger partial charge on any atom is -0.438 e. The van der Waals surface area contributed by atoms with Crippen LogP contribution in [0.3, 0.4) is 0 Å². The SMILES string of the molecule is BrCc1cccnc1Oc1cccc2ccccc12. The fraction of sp³-hybridized carbons (Fsp3) is 0.0625. The summed E-state index contributed by atoms with van der Waals surface area (Å²) in [7, 11) is 0. The summed E-state index contributed by atoms with van der Waals surface area (Å²) < 4.78 is 5.97. The van der Waals surface area contributed by atoms with Crippen molar-refractivity contribution in [3.05, 3.63) is 66.4 Å². The molecule has 1 aromatic heterocycles. The average Bonchev–Trinajstić information content (AvgIpc) is 2.48. The molecule has 3 rings (SSSR count). The first-order valence-corrected chi connectivity index (χ1v) is 7.16. The van der Waals surface area contributed by atoms with E-state index >= 15 is 0 Å². The monoisotopic (exact) mass is 313 g/mol. The zero-order chi connectivity index (χ0) is 13.1. The molecule has 0 spiro atoms. The van der Waals surface area contributed by atoms with E-state index < -0.39 is 0 Å². The van der Waals surface area contributed by atoms with Gasteiger partial charge in [0.2, 0.25) is 5.88 Å². The fourth-order valence-electron chi connectivity index (χ4n) is 2.01. The van der Waals surface area contributed by atoms with E-state index in [0.29, 0.717) is 5.88 Å². The van der Waals surface area contributed by atoms with Crippen LogP contribution in [-0.4, -0.2) is 4.98 Å². The van der Waals surface area contributed by atoms with E-state index in [4.69, 9.17) is 4.74 Å². The maximum absolute atomic E-state index is 5.97. The maximum Gasteiger partial charge on any atom is 0.223 e. The molecular formula is C16H12BrNO. The Hall–Kier alpha value is -1.87. The van der Waals surface area contributed by atoms with E-state index in [1.54, 1.807) is 6.20 Å². The molecule has 3 heteroatoms. The molecule has 0 aliphatic rings. The molecule has 0 amide bonds. The zero-order valence-electron chi connectivity index (χ0n) is 10.2. The first kappa shape index (κ1) is 12.2. The van der Waals surface area contributed by atoms with E-state index in [9.17, 15) is 0 Å². The number of ether oxygens (including phenoxy) is 1. The van der Waals surface area contributed by atoms with Crippen LogP contribution in [0.4, 0.5) is 0 Å². The van der Waals surface area contributed by atoms with Crippen LogP contribution in [0.5, 0.6) is 11.6 Å². The van der Waals surface area contributed by atoms with Crippen LogP contribution < -0.4 is 4.74 Å². The summed E-state index contributed by atoms with van der Waals surface area (Å²) in [6, 6.07) is 18.1. The molecule has 0 unspecified atom stereocenters. The number of halogens is 1. The molecule has 2 nitrogen and oxygen atoms in total. The van der Waals surface area contributed by atoms with Gasteiger partial charge in [-0.1, -0.05) is 58.4 Å². The van der Waals surface area contributed by atoms with Crippen LogP contribution in [0.2, 0.25) is 0 Å². The number of benzene rings is 2. The molecule has 0 bridgehead atoms. The molecule has 0 N–H and O–H groups in total. The van der Waals surface area contributed by atoms with E-state index in [1.165, 1.54) is 0 Å². The van der Waals surface area contributed by atoms with Crippen LogP contribution in [-0.2, 0) is 5.33 Å². The van der Waals surface area contributed by atoms with E-state index in [1.807, 2.05) is 36.4 Å². The summed E-state index contributed by atoms with van der Waals surface area (Å²) in [5, 5.41) is 2.98. The number of fused-ring (bicyclic) bond motifs is 1. The molecule has 2 aromatic carbocycles. The van der Waals surface area contributed by atoms with Crippen molar-refractivity contribution in [3.63, 3.8) is 0 Å². The quantitative estimate of drug-likeness (QED) is 0.640. The molecule has 19 heavy (non-hydrogen) atoms. The van der Waals surface area contributed by atoms with Gasteiger partial charge < -0.3 is 4.74 Å². The van der Waals surface area contributed by atoms with Crippen molar-refractivity contribution >= 4 is 26.7 Å². The first-order valence-electron chi connectivity index (χ1n) is 6.04. The van der Waals surface area contributed by atoms with Crippen molar-refractivity contribution in [3.8, 4) is 11.6 Å². The van der Waals surface area contributed by atoms with Crippen molar-refractivity contribution in [1.29, 1.82) is 0 Å². The lowest BCUT2D eigenvalue weighted by atomic mass is 10.1. The number of alkyl halides is 1. The highest BCUT2D eigenvalue weighted by atomic mass is 79.9. The summed E-state index contributed by atoms with van der Waals surface area (Å²) in [5.41, 5.74) is 1.04. The van der Waals surface area contributed by atoms with Gasteiger partial charge in [0.15, 0.2) is 0 Å². The van der Waals surface area contributed by atoms with Gasteiger partial charge >= 0.3 is 0 Å². The van der Waals surface area contributed by atoms with Gasteiger partial charge in [-0.2, -0.15) is 0 Å². The Morgan fingerprint density at radius 3 is 2.68 bits per heavy atom. The zero-order valence-corrected chi connectivity index (χ0v) is 11.8. The average molecular weight is 314 g/mol. The van der Waals surface area contributed by atoms with Gasteiger partial charge in [0.1, 0.15) is 5.75 Å². The Labute approximate surface area is 120 Å². The lowest BCUT2D eigenvalue weighted by molar-refractivity contribution is 0.464. The largest absolute Gasteiger partial charge is 0.438 e. The third-order valence-corrected chi connectivity index (χ3v) is 3.55. The van der Waals surface area contributed by atoms with Gasteiger partial charge in [0, 0.05) is 22.5 Å². The Kier molecular flexibility index (Phi) is 3.47. The highest BCUT2D eigenvalue weighted by Crippen LogP contribution is 2.30. The van der Waals surface area contributed by atoms with Gasteiger partial charge in [0.05, 0.1) is 0 Å². The number of rotatable bonds is 3. The van der Waals surface area contributed by atoms with E-state index in [0.717, 1.165) is 27.4 Å². The molecule has 0 fully saturated rings. The molecular weight excluding hydrogens is 302 g/mol. The smallest absolute Gasteiger partial charge is 0.223 e. The van der Waals surface area contributed by atoms with Crippen LogP contribution in [0, 0.1) is 0 Å². The molecule has 1 heterocycles. The molecule has 0 aliphatic carbocycles. The van der Waals surface area contributed by atoms with Crippen LogP contribution >= 0.6 is 15.9 Å². The second-order valence-corrected chi connectivity index (χ2v) is 4.74. The fourth-order valence-corrected chi connectivity index (χ4v) is 2.43. The summed E-state index contributed by atoms with van der Waals surface area (Å²) in [6.07, 6.45) is 1.74. The number of pyridine rings is 1. The molecule has 0 radical (unpaired) electrons. The predicted octanol–water partition coefficient (Wildman–Crippen LogP) is 4.92. The van der Waals surface area contributed by atoms with Gasteiger partial charge in [-0.05, 0) is 17.5 Å². The molecule has 94 valence electrons. The van der Waals surface area contributed by atoms with Gasteiger partial charge in [-0.25, -0.2) is 4.98 Å². The Morgan fingerprint density at radius 1 is 0.947 bits per heavy atom. The van der Waals surface area contributed by atoms with Crippen LogP contribution in [0.1, 0.15) is 5.56 Å². The summed E-state index contributed by atoms with van der Waals surface area (Å²) in [6.45, 7) is 0. The summed E-state index contributed by atoms with van der Waals surface area (Å²) >= 11 is 3.45. The van der Waals surface area contributed by atoms with Crippen LogP contribution in [0.25, 0.3) is 10.8 Å². The van der Waals surface area contributed by atoms with Gasteiger partial charge in [-0.3, -0.25) is 0 Å². The minimum atomic E-state index is 0.649. The number of hydrogen-bond donors (Lipinski definition) is 0. The highest BCUT2D eigenvalue weighted by molar-refractivity contribution is 9.08. The second kappa shape index (κ2) is 5.41. The lowest BCUT2D eigenvalue weighted by Gasteiger charge is -2.10. The standard InChI is InChI=1S/C16H12BrNO/c17-11-13-7-4-10-18-16(13)19-15-9-3-6-12-5-1-2-8-14(12)15/h1-10H,11H2. The Bertz CT molecular complexity index is 706. The van der Waals surface area contributed by atoms with Crippen molar-refractivity contribution in [2.45, 2.75) is 5.33 Å². The minimum absolute atomic E-state index is 0.649. The van der Waals surface area contributed by atoms with Crippen molar-refractivity contribution in [2.75, 3.05) is 0 Å². The third kappa shape index (κ3) is 2.47. The number of nitrogens with zero attached hydrogens (tertiary/aromatic N) is 1. The third-order valence-electron chi connectivity index (χ3n) is 2.95. The number of hydrogen-bond acceptors (Lipinski definition) is 2. The van der Waals surface area contributed by atoms with Crippen molar-refractivity contribution in [1.82, 2.24) is 4.98 Å². The van der Waals surface area contributed by atoms with Gasteiger partial charge in [0.25, 0.3) is 0 Å². The Balaban J connectivity index is 2.06. The first-order chi connectivity index (χ1) is 9.38. The molecule has 0 saturated heterocycles. The van der Waals surface area contributed by atoms with E-state index in [2.05, 4.69) is 39.1 Å². The summed E-state index contributed by atoms with van der Waals surface area (Å²) in [4.78, 5) is 4.30. The molecule has 0 saturated carbocycles. The Morgan fingerprint density at radius 2 is 1.79 bits per heavy atom. The predicted molar refractivity (Wildman–Crippen MR) is 80.9 cm³/mol. The topological polar surface area (TPSA) is 22.1 Å². The van der Waals surface area contributed by atoms with Crippen LogP contribution in [0.15, 0.2) is 60.8 Å². The summed E-state index contributed by atoms with van der Waals surface area (Å²) in [5.74, 6) is 1.48. The number of aromatic nitrogens is 1. The lowest BCUT2D eigenvalue weighted by Crippen LogP contribution is -1.92. The molecule has 3 aromatic rings. The van der Waals surface area contributed by atoms with Crippen molar-refractivity contribution in [2.24, 2.45) is 0 Å². The maximum atomic E-state index is 5.97. The molecule has 0 aliphatic heterocycles. The normalized spacial score (nSPS) is 10.6. The highest BCUT2D eigenvalue weighted by Gasteiger charge is 2.07. The second-order valence-electron chi connectivity index (χ2n) is 4.18.